The fraction of sp³-hybridized carbons (Fsp3) is 0.467. The number of aliphatic carboxylic acids is 1. The van der Waals surface area contributed by atoms with Gasteiger partial charge < -0.3 is 10.4 Å². The van der Waals surface area contributed by atoms with Crippen molar-refractivity contribution in [2.24, 2.45) is 5.92 Å². The number of benzene rings is 1. The minimum Gasteiger partial charge on any atom is -0.481 e. The maximum atomic E-state index is 11.8. The Bertz CT molecular complexity index is 506. The van der Waals surface area contributed by atoms with Crippen LogP contribution >= 0.6 is 27.7 Å². The molecule has 1 amide bonds. The maximum absolute atomic E-state index is 11.8. The van der Waals surface area contributed by atoms with Crippen LogP contribution in [-0.2, 0) is 9.59 Å². The third-order valence-corrected chi connectivity index (χ3v) is 5.10. The molecule has 1 saturated carbocycles. The van der Waals surface area contributed by atoms with Gasteiger partial charge in [0.15, 0.2) is 0 Å². The van der Waals surface area contributed by atoms with Gasteiger partial charge >= 0.3 is 5.97 Å². The zero-order valence-electron chi connectivity index (χ0n) is 11.5. The third-order valence-electron chi connectivity index (χ3n) is 3.56. The van der Waals surface area contributed by atoms with E-state index in [0.717, 1.165) is 21.5 Å². The number of hydrogen-bond acceptors (Lipinski definition) is 3. The van der Waals surface area contributed by atoms with Gasteiger partial charge in [0.2, 0.25) is 5.91 Å². The SMILES string of the molecule is O=C(CCSc1ccc(Br)cc1)N[C@@H]1CC[C@H](C(=O)O)C1. The van der Waals surface area contributed by atoms with Crippen molar-refractivity contribution in [3.63, 3.8) is 0 Å². The van der Waals surface area contributed by atoms with Crippen molar-refractivity contribution in [2.45, 2.75) is 36.6 Å². The highest BCUT2D eigenvalue weighted by Crippen LogP contribution is 2.26. The molecule has 2 N–H and O–H groups in total. The Balaban J connectivity index is 1.66. The average Bonchev–Trinajstić information content (AvgIpc) is 2.90. The van der Waals surface area contributed by atoms with Crippen molar-refractivity contribution in [1.82, 2.24) is 5.32 Å². The minimum atomic E-state index is -0.752. The van der Waals surface area contributed by atoms with Crippen LogP contribution in [0.15, 0.2) is 33.6 Å². The van der Waals surface area contributed by atoms with Crippen molar-refractivity contribution in [3.05, 3.63) is 28.7 Å². The molecule has 0 spiro atoms. The van der Waals surface area contributed by atoms with Gasteiger partial charge in [-0.3, -0.25) is 9.59 Å². The highest BCUT2D eigenvalue weighted by atomic mass is 79.9. The van der Waals surface area contributed by atoms with Crippen LogP contribution in [0, 0.1) is 5.92 Å². The number of hydrogen-bond donors (Lipinski definition) is 2. The summed E-state index contributed by atoms with van der Waals surface area (Å²) < 4.78 is 1.04. The van der Waals surface area contributed by atoms with Gasteiger partial charge in [0, 0.05) is 27.6 Å². The molecule has 0 aliphatic heterocycles. The first-order valence-corrected chi connectivity index (χ1v) is 8.73. The van der Waals surface area contributed by atoms with Crippen LogP contribution in [0.25, 0.3) is 0 Å². The van der Waals surface area contributed by atoms with Gasteiger partial charge in [-0.25, -0.2) is 0 Å². The normalized spacial score (nSPS) is 21.2. The van der Waals surface area contributed by atoms with E-state index in [0.29, 0.717) is 19.3 Å². The average molecular weight is 372 g/mol. The molecule has 1 fully saturated rings. The smallest absolute Gasteiger partial charge is 0.306 e. The largest absolute Gasteiger partial charge is 0.481 e. The van der Waals surface area contributed by atoms with Crippen molar-refractivity contribution >= 4 is 39.6 Å². The maximum Gasteiger partial charge on any atom is 0.306 e. The number of carboxylic acid groups (broad SMARTS) is 1. The molecule has 2 atom stereocenters. The number of amides is 1. The molecule has 1 aliphatic rings. The van der Waals surface area contributed by atoms with E-state index in [1.165, 1.54) is 0 Å². The quantitative estimate of drug-likeness (QED) is 0.752. The first-order valence-electron chi connectivity index (χ1n) is 6.95. The summed E-state index contributed by atoms with van der Waals surface area (Å²) in [5.41, 5.74) is 0. The molecule has 1 aromatic carbocycles. The van der Waals surface area contributed by atoms with Crippen LogP contribution in [0.1, 0.15) is 25.7 Å². The van der Waals surface area contributed by atoms with Crippen LogP contribution < -0.4 is 5.32 Å². The molecular formula is C15H18BrNO3S. The molecular weight excluding hydrogens is 354 g/mol. The van der Waals surface area contributed by atoms with Gasteiger partial charge in [-0.2, -0.15) is 0 Å². The lowest BCUT2D eigenvalue weighted by molar-refractivity contribution is -0.141. The number of thioether (sulfide) groups is 1. The van der Waals surface area contributed by atoms with Crippen molar-refractivity contribution < 1.29 is 14.7 Å². The second-order valence-corrected chi connectivity index (χ2v) is 7.25. The summed E-state index contributed by atoms with van der Waals surface area (Å²) >= 11 is 5.03. The molecule has 0 radical (unpaired) electrons. The van der Waals surface area contributed by atoms with Crippen molar-refractivity contribution in [1.29, 1.82) is 0 Å². The van der Waals surface area contributed by atoms with Gasteiger partial charge in [0.25, 0.3) is 0 Å². The van der Waals surface area contributed by atoms with Gasteiger partial charge in [-0.15, -0.1) is 11.8 Å². The summed E-state index contributed by atoms with van der Waals surface area (Å²) in [6.07, 6.45) is 2.44. The van der Waals surface area contributed by atoms with E-state index in [2.05, 4.69) is 21.2 Å². The topological polar surface area (TPSA) is 66.4 Å². The number of nitrogens with one attached hydrogen (secondary N) is 1. The predicted octanol–water partition coefficient (Wildman–Crippen LogP) is 3.30. The molecule has 114 valence electrons. The number of carbonyl (C=O) groups excluding carboxylic acids is 1. The monoisotopic (exact) mass is 371 g/mol. The van der Waals surface area contributed by atoms with Gasteiger partial charge in [-0.05, 0) is 43.5 Å². The van der Waals surface area contributed by atoms with Crippen LogP contribution in [-0.4, -0.2) is 28.8 Å². The van der Waals surface area contributed by atoms with Gasteiger partial charge in [-0.1, -0.05) is 15.9 Å². The number of carboxylic acids is 1. The molecule has 1 aliphatic carbocycles. The Hall–Kier alpha value is -1.01. The fourth-order valence-electron chi connectivity index (χ4n) is 2.43. The second-order valence-electron chi connectivity index (χ2n) is 5.17. The lowest BCUT2D eigenvalue weighted by Crippen LogP contribution is -2.33. The number of rotatable bonds is 6. The summed E-state index contributed by atoms with van der Waals surface area (Å²) in [6.45, 7) is 0. The second kappa shape index (κ2) is 7.84. The molecule has 0 heterocycles. The highest BCUT2D eigenvalue weighted by Gasteiger charge is 2.30. The molecule has 0 bridgehead atoms. The standard InChI is InChI=1S/C15H18BrNO3S/c16-11-2-5-13(6-3-11)21-8-7-14(18)17-12-4-1-10(9-12)15(19)20/h2-3,5-6,10,12H,1,4,7-9H2,(H,17,18)(H,19,20)/t10-,12+/m0/s1. The molecule has 0 saturated heterocycles. The molecule has 0 unspecified atom stereocenters. The first kappa shape index (κ1) is 16.4. The highest BCUT2D eigenvalue weighted by molar-refractivity contribution is 9.10. The van der Waals surface area contributed by atoms with E-state index >= 15 is 0 Å². The van der Waals surface area contributed by atoms with E-state index in [-0.39, 0.29) is 17.9 Å². The van der Waals surface area contributed by atoms with E-state index < -0.39 is 5.97 Å². The molecule has 1 aromatic rings. The lowest BCUT2D eigenvalue weighted by atomic mass is 10.1. The van der Waals surface area contributed by atoms with Gasteiger partial charge in [0.1, 0.15) is 0 Å². The van der Waals surface area contributed by atoms with Crippen molar-refractivity contribution in [3.8, 4) is 0 Å². The minimum absolute atomic E-state index is 0.00986. The van der Waals surface area contributed by atoms with E-state index in [9.17, 15) is 9.59 Å². The lowest BCUT2D eigenvalue weighted by Gasteiger charge is -2.12. The molecule has 0 aromatic heterocycles. The van der Waals surface area contributed by atoms with Crippen LogP contribution in [0.2, 0.25) is 0 Å². The summed E-state index contributed by atoms with van der Waals surface area (Å²) in [7, 11) is 0. The predicted molar refractivity (Wildman–Crippen MR) is 86.4 cm³/mol. The van der Waals surface area contributed by atoms with Gasteiger partial charge in [0.05, 0.1) is 5.92 Å². The third kappa shape index (κ3) is 5.36. The summed E-state index contributed by atoms with van der Waals surface area (Å²) in [4.78, 5) is 23.8. The molecule has 4 nitrogen and oxygen atoms in total. The summed E-state index contributed by atoms with van der Waals surface area (Å²) in [5, 5.41) is 11.9. The van der Waals surface area contributed by atoms with Crippen molar-refractivity contribution in [2.75, 3.05) is 5.75 Å². The van der Waals surface area contributed by atoms with Crippen LogP contribution in [0.4, 0.5) is 0 Å². The first-order chi connectivity index (χ1) is 10.0. The van der Waals surface area contributed by atoms with E-state index in [1.807, 2.05) is 24.3 Å². The van der Waals surface area contributed by atoms with E-state index in [4.69, 9.17) is 5.11 Å². The van der Waals surface area contributed by atoms with E-state index in [1.54, 1.807) is 11.8 Å². The van der Waals surface area contributed by atoms with Crippen LogP contribution in [0.3, 0.4) is 0 Å². The molecule has 2 rings (SSSR count). The summed E-state index contributed by atoms with van der Waals surface area (Å²) in [6, 6.07) is 8.01. The Kier molecular flexibility index (Phi) is 6.11. The summed E-state index contributed by atoms with van der Waals surface area (Å²) in [5.74, 6) is -0.316. The zero-order chi connectivity index (χ0) is 15.2. The number of carbonyl (C=O) groups is 2. The molecule has 21 heavy (non-hydrogen) atoms. The molecule has 6 heteroatoms. The Labute approximate surface area is 136 Å². The zero-order valence-corrected chi connectivity index (χ0v) is 14.0. The van der Waals surface area contributed by atoms with Crippen LogP contribution in [0.5, 0.6) is 0 Å². The Morgan fingerprint density at radius 3 is 2.62 bits per heavy atom. The fourth-order valence-corrected chi connectivity index (χ4v) is 3.55. The Morgan fingerprint density at radius 1 is 1.29 bits per heavy atom. The Morgan fingerprint density at radius 2 is 2.00 bits per heavy atom. The number of halogens is 1.